The molecule has 0 fully saturated rings. The van der Waals surface area contributed by atoms with Crippen LogP contribution < -0.4 is 16.0 Å². The molecule has 0 saturated heterocycles. The molecule has 1 aliphatic heterocycles. The lowest BCUT2D eigenvalue weighted by atomic mass is 9.90. The maximum Gasteiger partial charge on any atom is 0.337 e. The van der Waals surface area contributed by atoms with Crippen molar-refractivity contribution in [2.45, 2.75) is 18.9 Å². The normalized spacial score (nSPS) is 16.0. The fraction of sp³-hybridized carbons (Fsp3) is 0.286. The lowest BCUT2D eigenvalue weighted by Crippen LogP contribution is -2.40. The molecule has 1 heterocycles. The summed E-state index contributed by atoms with van der Waals surface area (Å²) in [6.45, 7) is 1.16. The second-order valence-corrected chi connectivity index (χ2v) is 6.53. The zero-order chi connectivity index (χ0) is 19.9. The van der Waals surface area contributed by atoms with Gasteiger partial charge in [0.15, 0.2) is 5.96 Å². The molecule has 7 nitrogen and oxygen atoms in total. The second kappa shape index (κ2) is 9.03. The Bertz CT molecular complexity index is 877. The predicted molar refractivity (Wildman–Crippen MR) is 108 cm³/mol. The van der Waals surface area contributed by atoms with E-state index < -0.39 is 0 Å². The third kappa shape index (κ3) is 4.68. The summed E-state index contributed by atoms with van der Waals surface area (Å²) in [5, 5.41) is 9.45. The molecule has 28 heavy (non-hydrogen) atoms. The molecule has 0 spiro atoms. The molecule has 2 aromatic carbocycles. The molecular weight excluding hydrogens is 356 g/mol. The standard InChI is InChI=1S/C21H24N4O3/c1-22-21(23-12-14-7-9-15(10-8-14)20(27)28-2)24-13-16-11-19(26)25-18-6-4-3-5-17(16)18/h3-10,16H,11-13H2,1-2H3,(H,25,26)(H2,22,23,24). The number of ether oxygens (including phenoxy) is 1. The number of carbonyl (C=O) groups is 2. The number of aliphatic imine (C=N–C) groups is 1. The number of hydrogen-bond acceptors (Lipinski definition) is 4. The topological polar surface area (TPSA) is 91.8 Å². The maximum absolute atomic E-state index is 11.9. The number of para-hydroxylation sites is 1. The van der Waals surface area contributed by atoms with Crippen LogP contribution in [0.25, 0.3) is 0 Å². The van der Waals surface area contributed by atoms with Crippen molar-refractivity contribution < 1.29 is 14.3 Å². The minimum atomic E-state index is -0.353. The number of amides is 1. The van der Waals surface area contributed by atoms with Gasteiger partial charge in [0.2, 0.25) is 5.91 Å². The van der Waals surface area contributed by atoms with Gasteiger partial charge in [-0.1, -0.05) is 30.3 Å². The quantitative estimate of drug-likeness (QED) is 0.420. The molecule has 0 saturated carbocycles. The van der Waals surface area contributed by atoms with Crippen LogP contribution >= 0.6 is 0 Å². The van der Waals surface area contributed by atoms with Crippen LogP contribution in [0.1, 0.15) is 33.8 Å². The van der Waals surface area contributed by atoms with E-state index >= 15 is 0 Å². The largest absolute Gasteiger partial charge is 0.465 e. The van der Waals surface area contributed by atoms with Crippen molar-refractivity contribution in [3.63, 3.8) is 0 Å². The van der Waals surface area contributed by atoms with Gasteiger partial charge in [-0.2, -0.15) is 0 Å². The van der Waals surface area contributed by atoms with Crippen molar-refractivity contribution in [1.82, 2.24) is 10.6 Å². The molecule has 3 N–H and O–H groups in total. The number of rotatable bonds is 5. The number of methoxy groups -OCH3 is 1. The Labute approximate surface area is 164 Å². The van der Waals surface area contributed by atoms with E-state index in [1.54, 1.807) is 19.2 Å². The highest BCUT2D eigenvalue weighted by Crippen LogP contribution is 2.31. The first-order chi connectivity index (χ1) is 13.6. The Hall–Kier alpha value is -3.35. The van der Waals surface area contributed by atoms with Crippen LogP contribution in [0.3, 0.4) is 0 Å². The minimum Gasteiger partial charge on any atom is -0.465 e. The Morgan fingerprint density at radius 1 is 1.18 bits per heavy atom. The lowest BCUT2D eigenvalue weighted by Gasteiger charge is -2.26. The summed E-state index contributed by atoms with van der Waals surface area (Å²) in [7, 11) is 3.07. The zero-order valence-corrected chi connectivity index (χ0v) is 16.0. The number of hydrogen-bond donors (Lipinski definition) is 3. The van der Waals surface area contributed by atoms with Crippen molar-refractivity contribution in [2.24, 2.45) is 4.99 Å². The number of fused-ring (bicyclic) bond motifs is 1. The average molecular weight is 380 g/mol. The van der Waals surface area contributed by atoms with Crippen molar-refractivity contribution in [2.75, 3.05) is 26.0 Å². The van der Waals surface area contributed by atoms with Crippen LogP contribution in [-0.4, -0.2) is 38.5 Å². The monoisotopic (exact) mass is 380 g/mol. The van der Waals surface area contributed by atoms with Gasteiger partial charge in [-0.05, 0) is 29.3 Å². The third-order valence-corrected chi connectivity index (χ3v) is 4.68. The Kier molecular flexibility index (Phi) is 6.26. The molecule has 1 unspecified atom stereocenters. The molecule has 0 aromatic heterocycles. The van der Waals surface area contributed by atoms with E-state index in [1.807, 2.05) is 36.4 Å². The van der Waals surface area contributed by atoms with E-state index in [0.717, 1.165) is 16.8 Å². The van der Waals surface area contributed by atoms with Gasteiger partial charge in [0, 0.05) is 38.2 Å². The summed E-state index contributed by atoms with van der Waals surface area (Å²) < 4.78 is 4.70. The summed E-state index contributed by atoms with van der Waals surface area (Å²) in [5.74, 6) is 0.413. The average Bonchev–Trinajstić information content (AvgIpc) is 2.73. The number of benzene rings is 2. The third-order valence-electron chi connectivity index (χ3n) is 4.68. The molecule has 3 rings (SSSR count). The SMILES string of the molecule is CN=C(NCc1ccc(C(=O)OC)cc1)NCC1CC(=O)Nc2ccccc21. The number of esters is 1. The van der Waals surface area contributed by atoms with Gasteiger partial charge in [0.05, 0.1) is 12.7 Å². The van der Waals surface area contributed by atoms with Crippen LogP contribution in [0, 0.1) is 0 Å². The molecule has 2 aromatic rings. The Balaban J connectivity index is 1.55. The first kappa shape index (κ1) is 19.4. The molecule has 1 atom stereocenters. The Morgan fingerprint density at radius 2 is 1.93 bits per heavy atom. The summed E-state index contributed by atoms with van der Waals surface area (Å²) in [6, 6.07) is 15.1. The Morgan fingerprint density at radius 3 is 2.64 bits per heavy atom. The molecular formula is C21H24N4O3. The maximum atomic E-state index is 11.9. The summed E-state index contributed by atoms with van der Waals surface area (Å²) in [4.78, 5) is 27.7. The van der Waals surface area contributed by atoms with E-state index in [2.05, 4.69) is 20.9 Å². The molecule has 1 amide bonds. The van der Waals surface area contributed by atoms with Gasteiger partial charge >= 0.3 is 5.97 Å². The van der Waals surface area contributed by atoms with Gasteiger partial charge in [0.1, 0.15) is 0 Å². The fourth-order valence-corrected chi connectivity index (χ4v) is 3.19. The van der Waals surface area contributed by atoms with Crippen LogP contribution in [0.4, 0.5) is 5.69 Å². The summed E-state index contributed by atoms with van der Waals surface area (Å²) in [5.41, 5.74) is 3.53. The first-order valence-electron chi connectivity index (χ1n) is 9.11. The second-order valence-electron chi connectivity index (χ2n) is 6.53. The van der Waals surface area contributed by atoms with Crippen LogP contribution in [-0.2, 0) is 16.1 Å². The number of anilines is 1. The van der Waals surface area contributed by atoms with Crippen LogP contribution in [0.2, 0.25) is 0 Å². The number of carbonyl (C=O) groups excluding carboxylic acids is 2. The van der Waals surface area contributed by atoms with Crippen molar-refractivity contribution in [3.8, 4) is 0 Å². The van der Waals surface area contributed by atoms with Crippen molar-refractivity contribution >= 4 is 23.5 Å². The van der Waals surface area contributed by atoms with Crippen LogP contribution in [0.5, 0.6) is 0 Å². The number of nitrogens with one attached hydrogen (secondary N) is 3. The van der Waals surface area contributed by atoms with Gasteiger partial charge in [-0.3, -0.25) is 9.79 Å². The molecule has 0 bridgehead atoms. The summed E-state index contributed by atoms with van der Waals surface area (Å²) >= 11 is 0. The smallest absolute Gasteiger partial charge is 0.337 e. The van der Waals surface area contributed by atoms with E-state index in [-0.39, 0.29) is 17.8 Å². The highest BCUT2D eigenvalue weighted by molar-refractivity contribution is 5.94. The van der Waals surface area contributed by atoms with E-state index in [4.69, 9.17) is 4.74 Å². The van der Waals surface area contributed by atoms with Gasteiger partial charge in [-0.15, -0.1) is 0 Å². The fourth-order valence-electron chi connectivity index (χ4n) is 3.19. The molecule has 1 aliphatic rings. The number of guanidine groups is 1. The molecule has 0 radical (unpaired) electrons. The molecule has 146 valence electrons. The highest BCUT2D eigenvalue weighted by atomic mass is 16.5. The van der Waals surface area contributed by atoms with E-state index in [1.165, 1.54) is 7.11 Å². The summed E-state index contributed by atoms with van der Waals surface area (Å²) in [6.07, 6.45) is 0.440. The van der Waals surface area contributed by atoms with Crippen molar-refractivity contribution in [1.29, 1.82) is 0 Å². The predicted octanol–water partition coefficient (Wildman–Crippen LogP) is 2.26. The van der Waals surface area contributed by atoms with Crippen molar-refractivity contribution in [3.05, 3.63) is 65.2 Å². The zero-order valence-electron chi connectivity index (χ0n) is 16.0. The molecule has 0 aliphatic carbocycles. The first-order valence-corrected chi connectivity index (χ1v) is 9.11. The lowest BCUT2D eigenvalue weighted by molar-refractivity contribution is -0.116. The van der Waals surface area contributed by atoms with Gasteiger partial charge in [0.25, 0.3) is 0 Å². The van der Waals surface area contributed by atoms with Crippen LogP contribution in [0.15, 0.2) is 53.5 Å². The highest BCUT2D eigenvalue weighted by Gasteiger charge is 2.24. The van der Waals surface area contributed by atoms with E-state index in [0.29, 0.717) is 31.0 Å². The number of nitrogens with zero attached hydrogens (tertiary/aromatic N) is 1. The molecule has 7 heteroatoms. The van der Waals surface area contributed by atoms with Gasteiger partial charge in [-0.25, -0.2) is 4.79 Å². The van der Waals surface area contributed by atoms with Gasteiger partial charge < -0.3 is 20.7 Å². The van der Waals surface area contributed by atoms with E-state index in [9.17, 15) is 9.59 Å². The minimum absolute atomic E-state index is 0.0270.